The standard InChI is InChI=1S/C17H19F/c1-3-5-6-7-13-8-9-15-11-14(4-2)17(18)12-16(15)10-13/h4,8-12H,2-3,5-7H2,1H3. The van der Waals surface area contributed by atoms with E-state index in [9.17, 15) is 4.39 Å². The van der Waals surface area contributed by atoms with Crippen LogP contribution in [0.3, 0.4) is 0 Å². The number of aryl methyl sites for hydroxylation is 1. The van der Waals surface area contributed by atoms with E-state index in [1.807, 2.05) is 6.07 Å². The first-order valence-corrected chi connectivity index (χ1v) is 6.59. The molecule has 0 aliphatic heterocycles. The lowest BCUT2D eigenvalue weighted by atomic mass is 10.0. The second-order valence-electron chi connectivity index (χ2n) is 4.72. The maximum absolute atomic E-state index is 13.7. The van der Waals surface area contributed by atoms with Crippen LogP contribution in [0, 0.1) is 5.82 Å². The van der Waals surface area contributed by atoms with Crippen LogP contribution in [-0.4, -0.2) is 0 Å². The van der Waals surface area contributed by atoms with E-state index in [1.165, 1.54) is 24.8 Å². The van der Waals surface area contributed by atoms with E-state index in [1.54, 1.807) is 12.1 Å². The number of unbranched alkanes of at least 4 members (excludes halogenated alkanes) is 2. The molecule has 0 saturated heterocycles. The van der Waals surface area contributed by atoms with Crippen molar-refractivity contribution in [2.45, 2.75) is 32.6 Å². The molecule has 0 bridgehead atoms. The molecule has 0 atom stereocenters. The second-order valence-corrected chi connectivity index (χ2v) is 4.72. The topological polar surface area (TPSA) is 0 Å². The molecule has 94 valence electrons. The van der Waals surface area contributed by atoms with Crippen LogP contribution in [0.2, 0.25) is 0 Å². The fourth-order valence-electron chi connectivity index (χ4n) is 2.23. The molecule has 0 aliphatic rings. The molecule has 1 heteroatoms. The summed E-state index contributed by atoms with van der Waals surface area (Å²) in [4.78, 5) is 0. The number of hydrogen-bond acceptors (Lipinski definition) is 0. The largest absolute Gasteiger partial charge is 0.206 e. The molecule has 0 heterocycles. The monoisotopic (exact) mass is 242 g/mol. The fraction of sp³-hybridized carbons (Fsp3) is 0.294. The van der Waals surface area contributed by atoms with E-state index in [-0.39, 0.29) is 5.82 Å². The van der Waals surface area contributed by atoms with Gasteiger partial charge in [0.1, 0.15) is 5.82 Å². The zero-order valence-corrected chi connectivity index (χ0v) is 10.9. The van der Waals surface area contributed by atoms with Gasteiger partial charge in [-0.15, -0.1) is 0 Å². The molecule has 0 unspecified atom stereocenters. The Morgan fingerprint density at radius 2 is 1.94 bits per heavy atom. The first-order chi connectivity index (χ1) is 8.74. The molecule has 2 aromatic carbocycles. The minimum Gasteiger partial charge on any atom is -0.206 e. The predicted molar refractivity (Wildman–Crippen MR) is 77.2 cm³/mol. The first kappa shape index (κ1) is 12.8. The zero-order chi connectivity index (χ0) is 13.0. The third-order valence-corrected chi connectivity index (χ3v) is 3.31. The third-order valence-electron chi connectivity index (χ3n) is 3.31. The van der Waals surface area contributed by atoms with Gasteiger partial charge in [-0.1, -0.05) is 50.6 Å². The minimum atomic E-state index is -0.191. The zero-order valence-electron chi connectivity index (χ0n) is 10.9. The lowest BCUT2D eigenvalue weighted by Crippen LogP contribution is -1.88. The van der Waals surface area contributed by atoms with Gasteiger partial charge in [-0.25, -0.2) is 4.39 Å². The lowest BCUT2D eigenvalue weighted by Gasteiger charge is -2.05. The van der Waals surface area contributed by atoms with Crippen LogP contribution in [-0.2, 0) is 6.42 Å². The molecule has 0 aliphatic carbocycles. The van der Waals surface area contributed by atoms with E-state index in [0.29, 0.717) is 5.56 Å². The van der Waals surface area contributed by atoms with Crippen molar-refractivity contribution < 1.29 is 4.39 Å². The molecule has 0 nitrogen and oxygen atoms in total. The Kier molecular flexibility index (Phi) is 4.14. The molecule has 0 amide bonds. The Bertz CT molecular complexity index is 555. The van der Waals surface area contributed by atoms with Crippen molar-refractivity contribution in [3.8, 4) is 0 Å². The highest BCUT2D eigenvalue weighted by atomic mass is 19.1. The highest BCUT2D eigenvalue weighted by molar-refractivity contribution is 5.85. The number of fused-ring (bicyclic) bond motifs is 1. The Balaban J connectivity index is 2.30. The SMILES string of the molecule is C=Cc1cc2ccc(CCCCC)cc2cc1F. The summed E-state index contributed by atoms with van der Waals surface area (Å²) in [5.41, 5.74) is 1.86. The summed E-state index contributed by atoms with van der Waals surface area (Å²) in [6.07, 6.45) is 6.32. The van der Waals surface area contributed by atoms with Gasteiger partial charge in [0, 0.05) is 5.56 Å². The molecular formula is C17H19F. The van der Waals surface area contributed by atoms with Gasteiger partial charge in [0.05, 0.1) is 0 Å². The van der Waals surface area contributed by atoms with Gasteiger partial charge in [-0.2, -0.15) is 0 Å². The maximum Gasteiger partial charge on any atom is 0.131 e. The van der Waals surface area contributed by atoms with Gasteiger partial charge in [0.25, 0.3) is 0 Å². The number of rotatable bonds is 5. The summed E-state index contributed by atoms with van der Waals surface area (Å²) in [7, 11) is 0. The summed E-state index contributed by atoms with van der Waals surface area (Å²) in [5.74, 6) is -0.191. The molecule has 2 aromatic rings. The summed E-state index contributed by atoms with van der Waals surface area (Å²) >= 11 is 0. The number of hydrogen-bond donors (Lipinski definition) is 0. The Morgan fingerprint density at radius 3 is 2.67 bits per heavy atom. The Labute approximate surface area is 108 Å². The highest BCUT2D eigenvalue weighted by Gasteiger charge is 2.03. The minimum absolute atomic E-state index is 0.191. The average molecular weight is 242 g/mol. The predicted octanol–water partition coefficient (Wildman–Crippen LogP) is 5.35. The molecular weight excluding hydrogens is 223 g/mol. The van der Waals surface area contributed by atoms with Gasteiger partial charge in [-0.3, -0.25) is 0 Å². The average Bonchev–Trinajstić information content (AvgIpc) is 2.38. The fourth-order valence-corrected chi connectivity index (χ4v) is 2.23. The molecule has 0 radical (unpaired) electrons. The van der Waals surface area contributed by atoms with Gasteiger partial charge in [-0.05, 0) is 41.3 Å². The molecule has 2 rings (SSSR count). The molecule has 18 heavy (non-hydrogen) atoms. The Hall–Kier alpha value is -1.63. The smallest absolute Gasteiger partial charge is 0.131 e. The maximum atomic E-state index is 13.7. The molecule has 0 saturated carbocycles. The first-order valence-electron chi connectivity index (χ1n) is 6.59. The van der Waals surface area contributed by atoms with Crippen molar-refractivity contribution >= 4 is 16.8 Å². The number of halogens is 1. The van der Waals surface area contributed by atoms with E-state index >= 15 is 0 Å². The third kappa shape index (κ3) is 2.79. The molecule has 0 aromatic heterocycles. The van der Waals surface area contributed by atoms with Gasteiger partial charge in [0.2, 0.25) is 0 Å². The van der Waals surface area contributed by atoms with E-state index in [4.69, 9.17) is 0 Å². The van der Waals surface area contributed by atoms with Crippen LogP contribution >= 0.6 is 0 Å². The summed E-state index contributed by atoms with van der Waals surface area (Å²) < 4.78 is 13.7. The molecule has 0 spiro atoms. The molecule has 0 fully saturated rings. The number of benzene rings is 2. The van der Waals surface area contributed by atoms with E-state index < -0.39 is 0 Å². The van der Waals surface area contributed by atoms with Crippen molar-refractivity contribution in [1.29, 1.82) is 0 Å². The van der Waals surface area contributed by atoms with Crippen LogP contribution in [0.15, 0.2) is 36.9 Å². The quantitative estimate of drug-likeness (QED) is 0.619. The van der Waals surface area contributed by atoms with Gasteiger partial charge in [0.15, 0.2) is 0 Å². The summed E-state index contributed by atoms with van der Waals surface area (Å²) in [5, 5.41) is 2.05. The highest BCUT2D eigenvalue weighted by Crippen LogP contribution is 2.22. The summed E-state index contributed by atoms with van der Waals surface area (Å²) in [6.45, 7) is 5.83. The second kappa shape index (κ2) is 5.81. The van der Waals surface area contributed by atoms with Crippen LogP contribution in [0.25, 0.3) is 16.8 Å². The van der Waals surface area contributed by atoms with Crippen LogP contribution < -0.4 is 0 Å². The van der Waals surface area contributed by atoms with Crippen LogP contribution in [0.4, 0.5) is 4.39 Å². The van der Waals surface area contributed by atoms with Crippen LogP contribution in [0.1, 0.15) is 37.3 Å². The van der Waals surface area contributed by atoms with Gasteiger partial charge < -0.3 is 0 Å². The normalized spacial score (nSPS) is 10.8. The van der Waals surface area contributed by atoms with Crippen LogP contribution in [0.5, 0.6) is 0 Å². The molecule has 0 N–H and O–H groups in total. The van der Waals surface area contributed by atoms with Crippen molar-refractivity contribution in [2.75, 3.05) is 0 Å². The Morgan fingerprint density at radius 1 is 1.11 bits per heavy atom. The van der Waals surface area contributed by atoms with Crippen molar-refractivity contribution in [1.82, 2.24) is 0 Å². The van der Waals surface area contributed by atoms with Crippen molar-refractivity contribution in [3.05, 3.63) is 53.9 Å². The van der Waals surface area contributed by atoms with E-state index in [2.05, 4.69) is 31.7 Å². The van der Waals surface area contributed by atoms with Gasteiger partial charge >= 0.3 is 0 Å². The van der Waals surface area contributed by atoms with Crippen molar-refractivity contribution in [3.63, 3.8) is 0 Å². The van der Waals surface area contributed by atoms with E-state index in [0.717, 1.165) is 17.2 Å². The summed E-state index contributed by atoms with van der Waals surface area (Å²) in [6, 6.07) is 9.77. The van der Waals surface area contributed by atoms with Crippen molar-refractivity contribution in [2.24, 2.45) is 0 Å². The lowest BCUT2D eigenvalue weighted by molar-refractivity contribution is 0.627.